The number of nitrogens with zero attached hydrogens (tertiary/aromatic N) is 3. The molecule has 1 aromatic carbocycles. The fraction of sp³-hybridized carbons (Fsp3) is 0.353. The zero-order valence-corrected chi connectivity index (χ0v) is 13.8. The molecule has 1 aliphatic rings. The van der Waals surface area contributed by atoms with Crippen molar-refractivity contribution in [1.29, 1.82) is 0 Å². The molecule has 1 atom stereocenters. The quantitative estimate of drug-likeness (QED) is 0.684. The Balaban J connectivity index is 1.57. The van der Waals surface area contributed by atoms with Gasteiger partial charge in [0.1, 0.15) is 5.39 Å². The van der Waals surface area contributed by atoms with Crippen molar-refractivity contribution in [2.24, 2.45) is 0 Å². The fourth-order valence-corrected chi connectivity index (χ4v) is 3.27. The van der Waals surface area contributed by atoms with Gasteiger partial charge in [0.15, 0.2) is 5.65 Å². The SMILES string of the molecule is CN(C)C1CCc2cc(Nc3ncc4c(=O)[nH][nH]c4n3)ccc2C1. The van der Waals surface area contributed by atoms with Crippen molar-refractivity contribution in [2.75, 3.05) is 19.4 Å². The molecule has 0 spiro atoms. The van der Waals surface area contributed by atoms with Crippen molar-refractivity contribution in [2.45, 2.75) is 25.3 Å². The van der Waals surface area contributed by atoms with Crippen molar-refractivity contribution < 1.29 is 0 Å². The molecule has 3 aromatic rings. The average Bonchev–Trinajstić information content (AvgIpc) is 2.95. The van der Waals surface area contributed by atoms with E-state index in [-0.39, 0.29) is 5.56 Å². The van der Waals surface area contributed by atoms with E-state index in [4.69, 9.17) is 0 Å². The molecule has 7 heteroatoms. The molecule has 0 fully saturated rings. The number of anilines is 2. The van der Waals surface area contributed by atoms with Gasteiger partial charge >= 0.3 is 0 Å². The number of H-pyrrole nitrogens is 2. The van der Waals surface area contributed by atoms with Crippen LogP contribution in [0.15, 0.2) is 29.2 Å². The Kier molecular flexibility index (Phi) is 3.57. The van der Waals surface area contributed by atoms with Gasteiger partial charge in [0.2, 0.25) is 5.95 Å². The summed E-state index contributed by atoms with van der Waals surface area (Å²) in [4.78, 5) is 22.3. The van der Waals surface area contributed by atoms with Crippen LogP contribution in [0, 0.1) is 0 Å². The normalized spacial score (nSPS) is 17.2. The van der Waals surface area contributed by atoms with E-state index in [1.165, 1.54) is 23.7 Å². The summed E-state index contributed by atoms with van der Waals surface area (Å²) >= 11 is 0. The number of fused-ring (bicyclic) bond motifs is 2. The largest absolute Gasteiger partial charge is 0.324 e. The highest BCUT2D eigenvalue weighted by atomic mass is 16.1. The molecule has 0 aliphatic heterocycles. The first-order chi connectivity index (χ1) is 11.6. The van der Waals surface area contributed by atoms with Gasteiger partial charge in [0.05, 0.1) is 0 Å². The van der Waals surface area contributed by atoms with Gasteiger partial charge in [-0.05, 0) is 56.6 Å². The predicted molar refractivity (Wildman–Crippen MR) is 93.7 cm³/mol. The standard InChI is InChI=1S/C17H20N6O/c1-23(2)13-6-4-10-7-12(5-3-11(10)8-13)19-17-18-9-14-15(20-17)21-22-16(14)24/h3,5,7,9,13H,4,6,8H2,1-2H3,(H3,18,19,20,21,22,24). The molecule has 4 rings (SSSR count). The van der Waals surface area contributed by atoms with E-state index >= 15 is 0 Å². The number of benzene rings is 1. The monoisotopic (exact) mass is 324 g/mol. The maximum Gasteiger partial charge on any atom is 0.275 e. The summed E-state index contributed by atoms with van der Waals surface area (Å²) in [6.45, 7) is 0. The van der Waals surface area contributed by atoms with Crippen LogP contribution < -0.4 is 10.9 Å². The molecular weight excluding hydrogens is 304 g/mol. The molecule has 0 saturated carbocycles. The maximum absolute atomic E-state index is 11.5. The molecule has 0 saturated heterocycles. The number of nitrogens with one attached hydrogen (secondary N) is 3. The third-order valence-corrected chi connectivity index (χ3v) is 4.72. The van der Waals surface area contributed by atoms with Crippen LogP contribution in [0.5, 0.6) is 0 Å². The van der Waals surface area contributed by atoms with Crippen LogP contribution in [0.1, 0.15) is 17.5 Å². The van der Waals surface area contributed by atoms with Crippen molar-refractivity contribution in [3.8, 4) is 0 Å². The van der Waals surface area contributed by atoms with Gasteiger partial charge in [-0.2, -0.15) is 4.98 Å². The summed E-state index contributed by atoms with van der Waals surface area (Å²) < 4.78 is 0. The number of aryl methyl sites for hydroxylation is 1. The lowest BCUT2D eigenvalue weighted by atomic mass is 9.87. The Labute approximate surface area is 139 Å². The Morgan fingerprint density at radius 1 is 1.25 bits per heavy atom. The van der Waals surface area contributed by atoms with Crippen LogP contribution in [-0.2, 0) is 12.8 Å². The first-order valence-corrected chi connectivity index (χ1v) is 8.09. The molecule has 24 heavy (non-hydrogen) atoms. The van der Waals surface area contributed by atoms with Crippen molar-refractivity contribution >= 4 is 22.7 Å². The number of aromatic nitrogens is 4. The summed E-state index contributed by atoms with van der Waals surface area (Å²) in [6.07, 6.45) is 4.88. The van der Waals surface area contributed by atoms with Gasteiger partial charge in [-0.25, -0.2) is 4.98 Å². The van der Waals surface area contributed by atoms with Gasteiger partial charge in [0, 0.05) is 17.9 Å². The van der Waals surface area contributed by atoms with Crippen molar-refractivity contribution in [3.05, 3.63) is 45.9 Å². The number of likely N-dealkylation sites (N-methyl/N-ethyl adjacent to an activating group) is 1. The van der Waals surface area contributed by atoms with E-state index in [0.717, 1.165) is 18.5 Å². The molecular formula is C17H20N6O. The molecule has 0 bridgehead atoms. The van der Waals surface area contributed by atoms with E-state index in [9.17, 15) is 4.79 Å². The molecule has 2 heterocycles. The topological polar surface area (TPSA) is 89.7 Å². The van der Waals surface area contributed by atoms with Crippen LogP contribution in [-0.4, -0.2) is 45.2 Å². The number of hydrogen-bond acceptors (Lipinski definition) is 5. The minimum absolute atomic E-state index is 0.208. The smallest absolute Gasteiger partial charge is 0.275 e. The molecule has 3 N–H and O–H groups in total. The van der Waals surface area contributed by atoms with E-state index in [0.29, 0.717) is 23.0 Å². The molecule has 1 aliphatic carbocycles. The first kappa shape index (κ1) is 14.9. The Bertz CT molecular complexity index is 942. The second-order valence-electron chi connectivity index (χ2n) is 6.50. The van der Waals surface area contributed by atoms with Crippen LogP contribution in [0.4, 0.5) is 11.6 Å². The number of rotatable bonds is 3. The van der Waals surface area contributed by atoms with Gasteiger partial charge < -0.3 is 10.2 Å². The Morgan fingerprint density at radius 3 is 2.96 bits per heavy atom. The van der Waals surface area contributed by atoms with E-state index < -0.39 is 0 Å². The third-order valence-electron chi connectivity index (χ3n) is 4.72. The zero-order chi connectivity index (χ0) is 16.7. The molecule has 0 radical (unpaired) electrons. The van der Waals surface area contributed by atoms with E-state index in [1.807, 2.05) is 0 Å². The van der Waals surface area contributed by atoms with Crippen molar-refractivity contribution in [3.63, 3.8) is 0 Å². The maximum atomic E-state index is 11.5. The molecule has 0 amide bonds. The molecule has 1 unspecified atom stereocenters. The molecule has 7 nitrogen and oxygen atoms in total. The van der Waals surface area contributed by atoms with Crippen LogP contribution in [0.2, 0.25) is 0 Å². The minimum atomic E-state index is -0.208. The van der Waals surface area contributed by atoms with Crippen LogP contribution >= 0.6 is 0 Å². The first-order valence-electron chi connectivity index (χ1n) is 8.09. The second-order valence-corrected chi connectivity index (χ2v) is 6.50. The van der Waals surface area contributed by atoms with Crippen LogP contribution in [0.3, 0.4) is 0 Å². The van der Waals surface area contributed by atoms with E-state index in [1.54, 1.807) is 0 Å². The summed E-state index contributed by atoms with van der Waals surface area (Å²) in [6, 6.07) is 7.04. The summed E-state index contributed by atoms with van der Waals surface area (Å²) in [5.41, 5.74) is 4.06. The molecule has 124 valence electrons. The van der Waals surface area contributed by atoms with Gasteiger partial charge in [-0.15, -0.1) is 0 Å². The summed E-state index contributed by atoms with van der Waals surface area (Å²) in [5, 5.41) is 8.93. The van der Waals surface area contributed by atoms with Gasteiger partial charge in [-0.1, -0.05) is 6.07 Å². The fourth-order valence-electron chi connectivity index (χ4n) is 3.27. The predicted octanol–water partition coefficient (Wildman–Crippen LogP) is 1.81. The van der Waals surface area contributed by atoms with Crippen molar-refractivity contribution in [1.82, 2.24) is 25.1 Å². The summed E-state index contributed by atoms with van der Waals surface area (Å²) in [7, 11) is 4.29. The lowest BCUT2D eigenvalue weighted by molar-refractivity contribution is 0.268. The van der Waals surface area contributed by atoms with E-state index in [2.05, 4.69) is 62.7 Å². The number of hydrogen-bond donors (Lipinski definition) is 3. The Hall–Kier alpha value is -2.67. The average molecular weight is 324 g/mol. The third kappa shape index (κ3) is 2.67. The number of aromatic amines is 2. The lowest BCUT2D eigenvalue weighted by Crippen LogP contribution is -2.33. The highest BCUT2D eigenvalue weighted by Crippen LogP contribution is 2.27. The highest BCUT2D eigenvalue weighted by molar-refractivity contribution is 5.74. The summed E-state index contributed by atoms with van der Waals surface area (Å²) in [5.74, 6) is 0.472. The minimum Gasteiger partial charge on any atom is -0.324 e. The van der Waals surface area contributed by atoms with Gasteiger partial charge in [0.25, 0.3) is 5.56 Å². The highest BCUT2D eigenvalue weighted by Gasteiger charge is 2.20. The van der Waals surface area contributed by atoms with Crippen LogP contribution in [0.25, 0.3) is 11.0 Å². The second kappa shape index (κ2) is 5.76. The lowest BCUT2D eigenvalue weighted by Gasteiger charge is -2.30. The van der Waals surface area contributed by atoms with Gasteiger partial charge in [-0.3, -0.25) is 15.0 Å². The zero-order valence-electron chi connectivity index (χ0n) is 13.8. The Morgan fingerprint density at radius 2 is 2.12 bits per heavy atom. The molecule has 2 aromatic heterocycles.